The number of carbonyl (C=O) groups is 2. The lowest BCUT2D eigenvalue weighted by molar-refractivity contribution is -0.115. The largest absolute Gasteiger partial charge is 0.496 e. The van der Waals surface area contributed by atoms with Crippen LogP contribution in [-0.4, -0.2) is 89.8 Å². The van der Waals surface area contributed by atoms with Gasteiger partial charge in [0.25, 0.3) is 5.91 Å². The molecule has 0 radical (unpaired) electrons. The lowest BCUT2D eigenvalue weighted by atomic mass is 10.2. The zero-order valence-electron chi connectivity index (χ0n) is 17.8. The number of amides is 2. The normalized spacial score (nSPS) is 21.8. The number of anilines is 1. The van der Waals surface area contributed by atoms with Gasteiger partial charge in [-0.05, 0) is 25.2 Å². The molecule has 0 aliphatic carbocycles. The molecular formula is C21H23N5O4S2. The van der Waals surface area contributed by atoms with E-state index in [2.05, 4.69) is 14.9 Å². The fourth-order valence-corrected chi connectivity index (χ4v) is 6.34. The maximum Gasteiger partial charge on any atom is 0.412 e. The minimum Gasteiger partial charge on any atom is -0.496 e. The number of likely N-dealkylation sites (N-methyl/N-ethyl adjacent to an activating group) is 1. The molecular weight excluding hydrogens is 450 g/mol. The zero-order chi connectivity index (χ0) is 22.2. The van der Waals surface area contributed by atoms with Crippen LogP contribution in [0, 0.1) is 0 Å². The number of pyridine rings is 2. The van der Waals surface area contributed by atoms with Crippen LogP contribution in [0.3, 0.4) is 0 Å². The first kappa shape index (κ1) is 21.4. The monoisotopic (exact) mass is 473 g/mol. The molecule has 0 spiro atoms. The summed E-state index contributed by atoms with van der Waals surface area (Å²) in [6.45, 7) is 2.78. The minimum atomic E-state index is -0.821. The van der Waals surface area contributed by atoms with Crippen molar-refractivity contribution in [1.29, 1.82) is 0 Å². The molecule has 32 heavy (non-hydrogen) atoms. The average molecular weight is 474 g/mol. The van der Waals surface area contributed by atoms with Crippen molar-refractivity contribution in [3.05, 3.63) is 34.2 Å². The second-order valence-corrected chi connectivity index (χ2v) is 9.89. The molecule has 2 amide bonds. The smallest absolute Gasteiger partial charge is 0.412 e. The Morgan fingerprint density at radius 2 is 1.91 bits per heavy atom. The highest BCUT2D eigenvalue weighted by Gasteiger charge is 2.45. The average Bonchev–Trinajstić information content (AvgIpc) is 3.10. The molecule has 1 saturated heterocycles. The van der Waals surface area contributed by atoms with Gasteiger partial charge in [-0.3, -0.25) is 4.79 Å². The van der Waals surface area contributed by atoms with E-state index in [0.29, 0.717) is 35.2 Å². The summed E-state index contributed by atoms with van der Waals surface area (Å²) in [5, 5.41) is 0.748. The van der Waals surface area contributed by atoms with Gasteiger partial charge in [-0.2, -0.15) is 0 Å². The van der Waals surface area contributed by atoms with Gasteiger partial charge in [0.05, 0.1) is 22.3 Å². The fourth-order valence-electron chi connectivity index (χ4n) is 3.91. The number of piperazine rings is 1. The Hall–Kier alpha value is -2.50. The molecule has 168 valence electrons. The van der Waals surface area contributed by atoms with Crippen LogP contribution in [0.5, 0.6) is 5.75 Å². The van der Waals surface area contributed by atoms with Crippen LogP contribution < -0.4 is 9.64 Å². The molecule has 9 nitrogen and oxygen atoms in total. The number of hydrogen-bond acceptors (Lipinski definition) is 9. The van der Waals surface area contributed by atoms with Crippen LogP contribution in [0.1, 0.15) is 0 Å². The second kappa shape index (κ2) is 8.80. The quantitative estimate of drug-likeness (QED) is 0.667. The molecule has 3 aliphatic rings. The highest BCUT2D eigenvalue weighted by Crippen LogP contribution is 2.45. The fraction of sp³-hybridized carbons (Fsp3) is 0.429. The van der Waals surface area contributed by atoms with E-state index in [4.69, 9.17) is 9.47 Å². The zero-order valence-corrected chi connectivity index (χ0v) is 19.4. The van der Waals surface area contributed by atoms with E-state index in [1.165, 1.54) is 16.7 Å². The lowest BCUT2D eigenvalue weighted by Crippen LogP contribution is -2.49. The van der Waals surface area contributed by atoms with Crippen molar-refractivity contribution in [3.8, 4) is 5.75 Å². The van der Waals surface area contributed by atoms with Gasteiger partial charge in [-0.1, -0.05) is 0 Å². The number of hydrogen-bond donors (Lipinski definition) is 0. The number of fused-ring (bicyclic) bond motifs is 1. The summed E-state index contributed by atoms with van der Waals surface area (Å²) in [6.07, 6.45) is 0.383. The minimum absolute atomic E-state index is 0.192. The molecule has 0 bridgehead atoms. The van der Waals surface area contributed by atoms with Gasteiger partial charge < -0.3 is 19.3 Å². The number of methoxy groups -OCH3 is 1. The third kappa shape index (κ3) is 3.78. The number of nitrogens with zero attached hydrogens (tertiary/aromatic N) is 5. The van der Waals surface area contributed by atoms with Crippen LogP contribution in [-0.2, 0) is 9.53 Å². The Balaban J connectivity index is 1.48. The Labute approximate surface area is 194 Å². The predicted octanol–water partition coefficient (Wildman–Crippen LogP) is 2.39. The summed E-state index contributed by atoms with van der Waals surface area (Å²) in [7, 11) is 3.62. The molecule has 2 aromatic heterocycles. The molecule has 2 aromatic rings. The molecule has 1 atom stereocenters. The molecule has 11 heteroatoms. The van der Waals surface area contributed by atoms with Crippen molar-refractivity contribution in [2.45, 2.75) is 6.23 Å². The molecule has 0 aromatic carbocycles. The topological polar surface area (TPSA) is 88.1 Å². The van der Waals surface area contributed by atoms with E-state index in [0.717, 1.165) is 34.9 Å². The summed E-state index contributed by atoms with van der Waals surface area (Å²) in [5.41, 5.74) is 0.462. The molecule has 0 saturated carbocycles. The molecule has 1 unspecified atom stereocenters. The van der Waals surface area contributed by atoms with E-state index in [1.54, 1.807) is 42.1 Å². The SMILES string of the molecule is COc1ccnc2nc(N3C(=O)C4=C(SCCS4)C3OC(=O)N3CCN(C)CC3)ccc12. The summed E-state index contributed by atoms with van der Waals surface area (Å²) in [6, 6.07) is 5.33. The van der Waals surface area contributed by atoms with Crippen LogP contribution in [0.2, 0.25) is 0 Å². The standard InChI is InChI=1S/C21H23N5O4S2/c1-24-7-9-25(10-8-24)21(28)30-20-17-16(31-11-12-32-17)19(27)26(20)15-4-3-13-14(29-2)5-6-22-18(13)23-15/h3-6,20H,7-12H2,1-2H3. The van der Waals surface area contributed by atoms with Gasteiger partial charge in [-0.15, -0.1) is 23.5 Å². The van der Waals surface area contributed by atoms with Crippen molar-refractivity contribution in [2.75, 3.05) is 56.7 Å². The van der Waals surface area contributed by atoms with Gasteiger partial charge in [0.2, 0.25) is 6.23 Å². The summed E-state index contributed by atoms with van der Waals surface area (Å²) >= 11 is 3.08. The van der Waals surface area contributed by atoms with Crippen molar-refractivity contribution in [2.24, 2.45) is 0 Å². The lowest BCUT2D eigenvalue weighted by Gasteiger charge is -2.34. The van der Waals surface area contributed by atoms with Crippen molar-refractivity contribution in [1.82, 2.24) is 19.8 Å². The maximum absolute atomic E-state index is 13.3. The van der Waals surface area contributed by atoms with Gasteiger partial charge >= 0.3 is 6.09 Å². The summed E-state index contributed by atoms with van der Waals surface area (Å²) < 4.78 is 11.3. The van der Waals surface area contributed by atoms with Gasteiger partial charge in [0, 0.05) is 43.9 Å². The number of aromatic nitrogens is 2. The molecule has 5 heterocycles. The predicted molar refractivity (Wildman–Crippen MR) is 125 cm³/mol. The van der Waals surface area contributed by atoms with E-state index >= 15 is 0 Å². The van der Waals surface area contributed by atoms with E-state index in [1.807, 2.05) is 13.1 Å². The summed E-state index contributed by atoms with van der Waals surface area (Å²) in [5.74, 6) is 2.56. The van der Waals surface area contributed by atoms with Crippen LogP contribution in [0.15, 0.2) is 34.2 Å². The first-order valence-electron chi connectivity index (χ1n) is 10.3. The molecule has 1 fully saturated rings. The Morgan fingerprint density at radius 3 is 2.69 bits per heavy atom. The Bertz CT molecular complexity index is 1100. The third-order valence-electron chi connectivity index (χ3n) is 5.67. The number of ether oxygens (including phenoxy) is 2. The van der Waals surface area contributed by atoms with Crippen LogP contribution in [0.25, 0.3) is 11.0 Å². The molecule has 5 rings (SSSR count). The molecule has 3 aliphatic heterocycles. The number of carbonyl (C=O) groups excluding carboxylic acids is 2. The van der Waals surface area contributed by atoms with Crippen LogP contribution >= 0.6 is 23.5 Å². The van der Waals surface area contributed by atoms with Crippen molar-refractivity contribution < 1.29 is 19.1 Å². The van der Waals surface area contributed by atoms with E-state index in [9.17, 15) is 9.59 Å². The number of rotatable bonds is 3. The second-order valence-electron chi connectivity index (χ2n) is 7.65. The highest BCUT2D eigenvalue weighted by atomic mass is 32.2. The Morgan fingerprint density at radius 1 is 1.12 bits per heavy atom. The maximum atomic E-state index is 13.3. The summed E-state index contributed by atoms with van der Waals surface area (Å²) in [4.78, 5) is 42.0. The number of thioether (sulfide) groups is 2. The van der Waals surface area contributed by atoms with Crippen LogP contribution in [0.4, 0.5) is 10.6 Å². The van der Waals surface area contributed by atoms with Gasteiger partial charge in [-0.25, -0.2) is 19.7 Å². The first-order chi connectivity index (χ1) is 15.6. The van der Waals surface area contributed by atoms with Crippen molar-refractivity contribution >= 4 is 52.4 Å². The van der Waals surface area contributed by atoms with Gasteiger partial charge in [0.15, 0.2) is 5.65 Å². The van der Waals surface area contributed by atoms with Gasteiger partial charge in [0.1, 0.15) is 11.6 Å². The van der Waals surface area contributed by atoms with Crippen molar-refractivity contribution in [3.63, 3.8) is 0 Å². The Kier molecular flexibility index (Phi) is 5.87. The van der Waals surface area contributed by atoms with E-state index in [-0.39, 0.29) is 5.91 Å². The highest BCUT2D eigenvalue weighted by molar-refractivity contribution is 8.10. The van der Waals surface area contributed by atoms with E-state index < -0.39 is 12.3 Å². The molecule has 0 N–H and O–H groups in total. The first-order valence-corrected chi connectivity index (χ1v) is 12.3. The third-order valence-corrected chi connectivity index (χ3v) is 8.28.